The average molecular weight is 161 g/mol. The van der Waals surface area contributed by atoms with E-state index < -0.39 is 18.1 Å². The monoisotopic (exact) mass is 161 g/mol. The molecule has 0 aromatic heterocycles. The Labute approximate surface area is 66.4 Å². The highest BCUT2D eigenvalue weighted by Crippen LogP contribution is 2.10. The smallest absolute Gasteiger partial charge is 0.256 e. The summed E-state index contributed by atoms with van der Waals surface area (Å²) in [4.78, 5) is 12.4. The lowest BCUT2D eigenvalue weighted by Gasteiger charge is -2.26. The quantitative estimate of drug-likeness (QED) is 0.570. The van der Waals surface area contributed by atoms with E-state index in [-0.39, 0.29) is 6.42 Å². The summed E-state index contributed by atoms with van der Waals surface area (Å²) in [5.74, 6) is -0.456. The van der Waals surface area contributed by atoms with Crippen LogP contribution in [0.5, 0.6) is 0 Å². The number of amides is 1. The van der Waals surface area contributed by atoms with Crippen LogP contribution in [0.3, 0.4) is 0 Å². The van der Waals surface area contributed by atoms with Gasteiger partial charge in [-0.05, 0) is 6.42 Å². The van der Waals surface area contributed by atoms with Crippen LogP contribution < -0.4 is 0 Å². The first-order chi connectivity index (χ1) is 4.98. The first-order valence-electron chi connectivity index (χ1n) is 3.53. The lowest BCUT2D eigenvalue weighted by Crippen LogP contribution is -2.48. The van der Waals surface area contributed by atoms with Gasteiger partial charge >= 0.3 is 0 Å². The number of hydrogen-bond donors (Lipinski definition) is 2. The predicted octanol–water partition coefficient (Wildman–Crippen LogP) is -0.792. The van der Waals surface area contributed by atoms with E-state index >= 15 is 0 Å². The van der Waals surface area contributed by atoms with Gasteiger partial charge in [0.2, 0.25) is 0 Å². The van der Waals surface area contributed by atoms with Gasteiger partial charge in [-0.2, -0.15) is 0 Å². The Morgan fingerprint density at radius 3 is 2.09 bits per heavy atom. The summed E-state index contributed by atoms with van der Waals surface area (Å²) < 4.78 is 0. The van der Waals surface area contributed by atoms with Crippen LogP contribution in [-0.2, 0) is 4.79 Å². The Balaban J connectivity index is 4.37. The summed E-state index contributed by atoms with van der Waals surface area (Å²) in [5, 5.41) is 18.1. The van der Waals surface area contributed by atoms with E-state index in [0.29, 0.717) is 0 Å². The topological polar surface area (TPSA) is 60.8 Å². The third kappa shape index (κ3) is 2.17. The number of aliphatic hydroxyl groups excluding tert-OH is 1. The SMILES string of the molecule is CCC(O)(CO)C(=O)N(C)C. The molecule has 66 valence electrons. The molecular weight excluding hydrogens is 146 g/mol. The molecule has 0 spiro atoms. The van der Waals surface area contributed by atoms with E-state index in [1.54, 1.807) is 21.0 Å². The van der Waals surface area contributed by atoms with Gasteiger partial charge in [0.25, 0.3) is 5.91 Å². The van der Waals surface area contributed by atoms with Crippen molar-refractivity contribution in [3.63, 3.8) is 0 Å². The number of carbonyl (C=O) groups is 1. The fourth-order valence-corrected chi connectivity index (χ4v) is 0.747. The minimum absolute atomic E-state index is 0.223. The summed E-state index contributed by atoms with van der Waals surface area (Å²) in [6, 6.07) is 0. The highest BCUT2D eigenvalue weighted by Gasteiger charge is 2.34. The number of nitrogens with zero attached hydrogens (tertiary/aromatic N) is 1. The maximum Gasteiger partial charge on any atom is 0.256 e. The molecule has 0 fully saturated rings. The van der Waals surface area contributed by atoms with Crippen LogP contribution in [0.2, 0.25) is 0 Å². The molecule has 0 heterocycles. The van der Waals surface area contributed by atoms with Gasteiger partial charge in [0, 0.05) is 14.1 Å². The Hall–Kier alpha value is -0.610. The molecule has 0 radical (unpaired) electrons. The number of rotatable bonds is 3. The van der Waals surface area contributed by atoms with Crippen molar-refractivity contribution >= 4 is 5.91 Å². The molecule has 0 aliphatic rings. The molecule has 0 aromatic carbocycles. The second-order valence-corrected chi connectivity index (χ2v) is 2.74. The van der Waals surface area contributed by atoms with E-state index in [4.69, 9.17) is 5.11 Å². The molecule has 0 saturated carbocycles. The molecule has 4 heteroatoms. The normalized spacial score (nSPS) is 15.7. The molecule has 2 N–H and O–H groups in total. The Bertz CT molecular complexity index is 141. The van der Waals surface area contributed by atoms with Crippen LogP contribution in [0.25, 0.3) is 0 Å². The van der Waals surface area contributed by atoms with Crippen LogP contribution in [0, 0.1) is 0 Å². The third-order valence-corrected chi connectivity index (χ3v) is 1.65. The maximum absolute atomic E-state index is 11.1. The minimum Gasteiger partial charge on any atom is -0.393 e. The minimum atomic E-state index is -1.59. The summed E-state index contributed by atoms with van der Waals surface area (Å²) >= 11 is 0. The number of carbonyl (C=O) groups excluding carboxylic acids is 1. The number of aliphatic hydroxyl groups is 2. The standard InChI is InChI=1S/C7H15NO3/c1-4-7(11,5-9)6(10)8(2)3/h9,11H,4-5H2,1-3H3. The van der Waals surface area contributed by atoms with Crippen LogP contribution >= 0.6 is 0 Å². The number of hydrogen-bond acceptors (Lipinski definition) is 3. The van der Waals surface area contributed by atoms with Crippen molar-refractivity contribution in [2.45, 2.75) is 18.9 Å². The predicted molar refractivity (Wildman–Crippen MR) is 41.0 cm³/mol. The second-order valence-electron chi connectivity index (χ2n) is 2.74. The molecule has 4 nitrogen and oxygen atoms in total. The van der Waals surface area contributed by atoms with Crippen molar-refractivity contribution < 1.29 is 15.0 Å². The van der Waals surface area contributed by atoms with Gasteiger partial charge in [0.05, 0.1) is 6.61 Å². The Morgan fingerprint density at radius 1 is 1.55 bits per heavy atom. The zero-order valence-electron chi connectivity index (χ0n) is 7.16. The second kappa shape index (κ2) is 3.69. The highest BCUT2D eigenvalue weighted by molar-refractivity contribution is 5.84. The summed E-state index contributed by atoms with van der Waals surface area (Å²) in [6.07, 6.45) is 0.223. The molecule has 1 amide bonds. The maximum atomic E-state index is 11.1. The third-order valence-electron chi connectivity index (χ3n) is 1.65. The lowest BCUT2D eigenvalue weighted by molar-refractivity contribution is -0.153. The van der Waals surface area contributed by atoms with Gasteiger partial charge in [-0.3, -0.25) is 4.79 Å². The van der Waals surface area contributed by atoms with Crippen molar-refractivity contribution in [2.75, 3.05) is 20.7 Å². The van der Waals surface area contributed by atoms with Gasteiger partial charge in [-0.15, -0.1) is 0 Å². The van der Waals surface area contributed by atoms with Gasteiger partial charge in [-0.1, -0.05) is 6.92 Å². The van der Waals surface area contributed by atoms with Gasteiger partial charge < -0.3 is 15.1 Å². The van der Waals surface area contributed by atoms with Crippen molar-refractivity contribution in [2.24, 2.45) is 0 Å². The van der Waals surface area contributed by atoms with Crippen molar-refractivity contribution in [1.82, 2.24) is 4.90 Å². The lowest BCUT2D eigenvalue weighted by atomic mass is 10.0. The van der Waals surface area contributed by atoms with Crippen molar-refractivity contribution in [3.05, 3.63) is 0 Å². The van der Waals surface area contributed by atoms with Crippen molar-refractivity contribution in [3.8, 4) is 0 Å². The Morgan fingerprint density at radius 2 is 2.00 bits per heavy atom. The van der Waals surface area contributed by atoms with Crippen LogP contribution in [-0.4, -0.2) is 47.3 Å². The van der Waals surface area contributed by atoms with Gasteiger partial charge in [0.1, 0.15) is 0 Å². The molecule has 0 bridgehead atoms. The van der Waals surface area contributed by atoms with Crippen molar-refractivity contribution in [1.29, 1.82) is 0 Å². The highest BCUT2D eigenvalue weighted by atomic mass is 16.3. The summed E-state index contributed by atoms with van der Waals surface area (Å²) in [7, 11) is 3.08. The zero-order chi connectivity index (χ0) is 9.07. The van der Waals surface area contributed by atoms with Gasteiger partial charge in [-0.25, -0.2) is 0 Å². The van der Waals surface area contributed by atoms with Gasteiger partial charge in [0.15, 0.2) is 5.60 Å². The first-order valence-corrected chi connectivity index (χ1v) is 3.53. The molecule has 0 saturated heterocycles. The van der Waals surface area contributed by atoms with E-state index in [9.17, 15) is 9.90 Å². The van der Waals surface area contributed by atoms with E-state index in [1.165, 1.54) is 4.90 Å². The zero-order valence-corrected chi connectivity index (χ0v) is 7.16. The van der Waals surface area contributed by atoms with Crippen LogP contribution in [0.4, 0.5) is 0 Å². The molecular formula is C7H15NO3. The van der Waals surface area contributed by atoms with Crippen LogP contribution in [0.1, 0.15) is 13.3 Å². The van der Waals surface area contributed by atoms with E-state index in [2.05, 4.69) is 0 Å². The fourth-order valence-electron chi connectivity index (χ4n) is 0.747. The number of likely N-dealkylation sites (N-methyl/N-ethyl adjacent to an activating group) is 1. The molecule has 1 unspecified atom stereocenters. The molecule has 11 heavy (non-hydrogen) atoms. The first kappa shape index (κ1) is 10.4. The summed E-state index contributed by atoms with van der Waals surface area (Å²) in [6.45, 7) is 1.12. The Kier molecular flexibility index (Phi) is 3.48. The average Bonchev–Trinajstić information content (AvgIpc) is 2.01. The largest absolute Gasteiger partial charge is 0.393 e. The van der Waals surface area contributed by atoms with E-state index in [1.807, 2.05) is 0 Å². The summed E-state index contributed by atoms with van der Waals surface area (Å²) in [5.41, 5.74) is -1.59. The molecule has 1 atom stereocenters. The van der Waals surface area contributed by atoms with E-state index in [0.717, 1.165) is 0 Å². The molecule has 0 aliphatic heterocycles. The molecule has 0 aromatic rings. The molecule has 0 aliphatic carbocycles. The molecule has 0 rings (SSSR count). The van der Waals surface area contributed by atoms with Crippen LogP contribution in [0.15, 0.2) is 0 Å². The fraction of sp³-hybridized carbons (Fsp3) is 0.857.